The lowest BCUT2D eigenvalue weighted by Crippen LogP contribution is -1.73. The van der Waals surface area contributed by atoms with E-state index >= 15 is 0 Å². The molecule has 0 aromatic heterocycles. The van der Waals surface area contributed by atoms with E-state index in [0.29, 0.717) is 6.42 Å². The van der Waals surface area contributed by atoms with Crippen molar-refractivity contribution in [3.63, 3.8) is 0 Å². The lowest BCUT2D eigenvalue weighted by atomic mass is 10.2. The van der Waals surface area contributed by atoms with Gasteiger partial charge >= 0.3 is 0 Å². The Hall–Kier alpha value is -1.29. The van der Waals surface area contributed by atoms with Gasteiger partial charge < -0.3 is 0 Å². The van der Waals surface area contributed by atoms with Gasteiger partial charge in [0.15, 0.2) is 0 Å². The Balaban J connectivity index is 0. The smallest absolute Gasteiger partial charge is 0.0621 e. The van der Waals surface area contributed by atoms with Crippen LogP contribution in [0, 0.1) is 11.3 Å². The van der Waals surface area contributed by atoms with E-state index in [1.165, 1.54) is 5.56 Å². The second kappa shape index (κ2) is 15.2. The number of benzene rings is 1. The van der Waals surface area contributed by atoms with E-state index in [2.05, 4.69) is 31.2 Å². The number of hydrogen-bond acceptors (Lipinski definition) is 1. The molecule has 84 valence electrons. The summed E-state index contributed by atoms with van der Waals surface area (Å²) in [5.41, 5.74) is 1.41. The molecule has 0 bridgehead atoms. The highest BCUT2D eigenvalue weighted by atomic mass is 14.2. The van der Waals surface area contributed by atoms with Crippen LogP contribution >= 0.6 is 0 Å². The third-order valence-corrected chi connectivity index (χ3v) is 1.61. The van der Waals surface area contributed by atoms with E-state index in [0.717, 1.165) is 12.8 Å². The molecular weight excluding hydrogens is 182 g/mol. The monoisotopic (exact) mass is 205 g/mol. The summed E-state index contributed by atoms with van der Waals surface area (Å²) in [4.78, 5) is 0. The number of rotatable bonds is 2. The number of aryl methyl sites for hydroxylation is 1. The zero-order valence-corrected chi connectivity index (χ0v) is 10.5. The first-order chi connectivity index (χ1) is 7.35. The Morgan fingerprint density at radius 2 is 1.60 bits per heavy atom. The van der Waals surface area contributed by atoms with Crippen molar-refractivity contribution < 1.29 is 0 Å². The zero-order valence-electron chi connectivity index (χ0n) is 10.5. The molecule has 0 fully saturated rings. The fraction of sp³-hybridized carbons (Fsp3) is 0.500. The first kappa shape index (κ1) is 16.2. The molecule has 0 spiro atoms. The summed E-state index contributed by atoms with van der Waals surface area (Å²) in [5, 5.41) is 7.82. The molecule has 1 rings (SSSR count). The van der Waals surface area contributed by atoms with E-state index < -0.39 is 0 Å². The van der Waals surface area contributed by atoms with Crippen molar-refractivity contribution >= 4 is 0 Å². The lowest BCUT2D eigenvalue weighted by molar-refractivity contribution is 0.969. The van der Waals surface area contributed by atoms with E-state index in [1.54, 1.807) is 0 Å². The van der Waals surface area contributed by atoms with Gasteiger partial charge in [-0.25, -0.2) is 0 Å². The van der Waals surface area contributed by atoms with Crippen molar-refractivity contribution in [2.24, 2.45) is 0 Å². The Morgan fingerprint density at radius 1 is 1.07 bits per heavy atom. The molecule has 0 saturated carbocycles. The van der Waals surface area contributed by atoms with Crippen LogP contribution in [0.3, 0.4) is 0 Å². The summed E-state index contributed by atoms with van der Waals surface area (Å²) in [6.45, 7) is 8.15. The maximum Gasteiger partial charge on any atom is 0.0621 e. The predicted molar refractivity (Wildman–Crippen MR) is 67.7 cm³/mol. The summed E-state index contributed by atoms with van der Waals surface area (Å²) in [6.07, 6.45) is 2.82. The minimum Gasteiger partial charge on any atom is -0.198 e. The molecule has 1 aromatic rings. The molecule has 0 aliphatic rings. The van der Waals surface area contributed by atoms with E-state index in [1.807, 2.05) is 32.9 Å². The fourth-order valence-electron chi connectivity index (χ4n) is 0.826. The number of nitriles is 1. The molecule has 0 radical (unpaired) electrons. The molecule has 15 heavy (non-hydrogen) atoms. The number of unbranched alkanes of at least 4 members (excludes halogenated alkanes) is 1. The Bertz CT molecular complexity index is 233. The highest BCUT2D eigenvalue weighted by Crippen LogP contribution is 1.96. The zero-order chi connectivity index (χ0) is 11.9. The SMILES string of the molecule is CC.CCCC#N.CCc1ccccc1. The maximum absolute atomic E-state index is 7.82. The molecular formula is C14H23N. The quantitative estimate of drug-likeness (QED) is 0.693. The van der Waals surface area contributed by atoms with Gasteiger partial charge in [-0.05, 0) is 18.4 Å². The number of hydrogen-bond donors (Lipinski definition) is 0. The first-order valence-electron chi connectivity index (χ1n) is 5.76. The summed E-state index contributed by atoms with van der Waals surface area (Å²) >= 11 is 0. The van der Waals surface area contributed by atoms with Gasteiger partial charge in [-0.3, -0.25) is 0 Å². The largest absolute Gasteiger partial charge is 0.198 e. The van der Waals surface area contributed by atoms with Crippen LogP contribution in [-0.2, 0) is 6.42 Å². The first-order valence-corrected chi connectivity index (χ1v) is 5.76. The van der Waals surface area contributed by atoms with Gasteiger partial charge in [-0.2, -0.15) is 5.26 Å². The second-order valence-electron chi connectivity index (χ2n) is 2.75. The standard InChI is InChI=1S/C8H10.C4H7N.C2H6/c1-2-8-6-4-3-5-7-8;1-2-3-4-5;1-2/h3-7H,2H2,1H3;2-3H2,1H3;1-2H3. The number of nitrogens with zero attached hydrogens (tertiary/aromatic N) is 1. The van der Waals surface area contributed by atoms with Crippen molar-refractivity contribution in [3.05, 3.63) is 35.9 Å². The Kier molecular flexibility index (Phi) is 16.4. The van der Waals surface area contributed by atoms with Gasteiger partial charge in [0.05, 0.1) is 6.07 Å². The topological polar surface area (TPSA) is 23.8 Å². The molecule has 0 aliphatic carbocycles. The Labute approximate surface area is 94.8 Å². The molecule has 0 N–H and O–H groups in total. The van der Waals surface area contributed by atoms with Crippen LogP contribution in [0.1, 0.15) is 46.1 Å². The van der Waals surface area contributed by atoms with Crippen LogP contribution in [0.2, 0.25) is 0 Å². The second-order valence-corrected chi connectivity index (χ2v) is 2.75. The Morgan fingerprint density at radius 3 is 1.80 bits per heavy atom. The molecule has 0 amide bonds. The van der Waals surface area contributed by atoms with Gasteiger partial charge in [-0.1, -0.05) is 58.0 Å². The summed E-state index contributed by atoms with van der Waals surface area (Å²) in [5.74, 6) is 0. The molecule has 1 heteroatoms. The van der Waals surface area contributed by atoms with E-state index in [-0.39, 0.29) is 0 Å². The predicted octanol–water partition coefficient (Wildman–Crippen LogP) is 4.59. The van der Waals surface area contributed by atoms with Gasteiger partial charge in [0.1, 0.15) is 0 Å². The van der Waals surface area contributed by atoms with E-state index in [4.69, 9.17) is 5.26 Å². The van der Waals surface area contributed by atoms with Crippen molar-refractivity contribution in [2.75, 3.05) is 0 Å². The molecule has 0 heterocycles. The van der Waals surface area contributed by atoms with E-state index in [9.17, 15) is 0 Å². The molecule has 0 saturated heterocycles. The lowest BCUT2D eigenvalue weighted by Gasteiger charge is -1.89. The minimum absolute atomic E-state index is 0.694. The highest BCUT2D eigenvalue weighted by Gasteiger charge is 1.79. The van der Waals surface area contributed by atoms with Gasteiger partial charge in [0.2, 0.25) is 0 Å². The molecule has 1 nitrogen and oxygen atoms in total. The van der Waals surface area contributed by atoms with Crippen LogP contribution < -0.4 is 0 Å². The normalized spacial score (nSPS) is 7.40. The van der Waals surface area contributed by atoms with Crippen LogP contribution in [0.4, 0.5) is 0 Å². The summed E-state index contributed by atoms with van der Waals surface area (Å²) in [7, 11) is 0. The molecule has 0 atom stereocenters. The minimum atomic E-state index is 0.694. The van der Waals surface area contributed by atoms with Gasteiger partial charge in [0.25, 0.3) is 0 Å². The average molecular weight is 205 g/mol. The molecule has 0 unspecified atom stereocenters. The molecule has 0 aliphatic heterocycles. The third-order valence-electron chi connectivity index (χ3n) is 1.61. The fourth-order valence-corrected chi connectivity index (χ4v) is 0.826. The van der Waals surface area contributed by atoms with Crippen LogP contribution in [0.15, 0.2) is 30.3 Å². The third kappa shape index (κ3) is 12.7. The van der Waals surface area contributed by atoms with Gasteiger partial charge in [-0.15, -0.1) is 0 Å². The van der Waals surface area contributed by atoms with Crippen LogP contribution in [0.25, 0.3) is 0 Å². The van der Waals surface area contributed by atoms with Gasteiger partial charge in [0, 0.05) is 6.42 Å². The average Bonchev–Trinajstić information content (AvgIpc) is 2.34. The van der Waals surface area contributed by atoms with Crippen molar-refractivity contribution in [2.45, 2.75) is 47.0 Å². The van der Waals surface area contributed by atoms with Crippen molar-refractivity contribution in [3.8, 4) is 6.07 Å². The van der Waals surface area contributed by atoms with Crippen LogP contribution in [-0.4, -0.2) is 0 Å². The van der Waals surface area contributed by atoms with Crippen molar-refractivity contribution in [1.82, 2.24) is 0 Å². The molecule has 1 aromatic carbocycles. The van der Waals surface area contributed by atoms with Crippen LogP contribution in [0.5, 0.6) is 0 Å². The highest BCUT2D eigenvalue weighted by molar-refractivity contribution is 5.13. The summed E-state index contributed by atoms with van der Waals surface area (Å²) < 4.78 is 0. The van der Waals surface area contributed by atoms with Crippen molar-refractivity contribution in [1.29, 1.82) is 5.26 Å². The summed E-state index contributed by atoms with van der Waals surface area (Å²) in [6, 6.07) is 12.5. The maximum atomic E-state index is 7.82.